The summed E-state index contributed by atoms with van der Waals surface area (Å²) in [4.78, 5) is 29.0. The van der Waals surface area contributed by atoms with Crippen LogP contribution in [0.1, 0.15) is 19.3 Å². The number of nitrogens with zero attached hydrogens (tertiary/aromatic N) is 2. The van der Waals surface area contributed by atoms with Gasteiger partial charge in [-0.05, 0) is 43.5 Å². The fourth-order valence-corrected chi connectivity index (χ4v) is 3.74. The van der Waals surface area contributed by atoms with E-state index in [1.807, 2.05) is 17.0 Å². The van der Waals surface area contributed by atoms with Gasteiger partial charge in [0.25, 0.3) is 0 Å². The van der Waals surface area contributed by atoms with Gasteiger partial charge in [-0.3, -0.25) is 9.59 Å². The second-order valence-corrected chi connectivity index (χ2v) is 7.12. The zero-order chi connectivity index (χ0) is 17.2. The standard InChI is InChI=1S/C19H25N3O3/c23-18(16-13-17(16)19(24)22-9-11-25-12-10-22)20-14-3-5-15(6-4-14)21-7-1-2-8-21/h3-6,16-17H,1-2,7-13H2,(H,20,23). The molecule has 25 heavy (non-hydrogen) atoms. The van der Waals surface area contributed by atoms with Crippen LogP contribution in [0.15, 0.2) is 24.3 Å². The highest BCUT2D eigenvalue weighted by Gasteiger charge is 2.49. The Bertz CT molecular complexity index is 634. The van der Waals surface area contributed by atoms with E-state index in [2.05, 4.69) is 22.3 Å². The van der Waals surface area contributed by atoms with Crippen molar-refractivity contribution in [3.8, 4) is 0 Å². The molecule has 6 nitrogen and oxygen atoms in total. The van der Waals surface area contributed by atoms with Crippen LogP contribution in [0.4, 0.5) is 11.4 Å². The van der Waals surface area contributed by atoms with E-state index in [9.17, 15) is 9.59 Å². The Labute approximate surface area is 148 Å². The van der Waals surface area contributed by atoms with Gasteiger partial charge in [-0.1, -0.05) is 0 Å². The van der Waals surface area contributed by atoms with Gasteiger partial charge in [0.2, 0.25) is 11.8 Å². The first-order valence-electron chi connectivity index (χ1n) is 9.25. The SMILES string of the molecule is O=C(Nc1ccc(N2CCCC2)cc1)C1CC1C(=O)N1CCOCC1. The molecule has 134 valence electrons. The molecule has 2 amide bonds. The number of hydrogen-bond acceptors (Lipinski definition) is 4. The molecule has 2 aliphatic heterocycles. The fraction of sp³-hybridized carbons (Fsp3) is 0.579. The molecule has 3 aliphatic rings. The lowest BCUT2D eigenvalue weighted by Crippen LogP contribution is -2.42. The number of benzene rings is 1. The van der Waals surface area contributed by atoms with Crippen LogP contribution >= 0.6 is 0 Å². The lowest BCUT2D eigenvalue weighted by atomic mass is 10.2. The lowest BCUT2D eigenvalue weighted by molar-refractivity contribution is -0.137. The molecule has 0 radical (unpaired) electrons. The minimum Gasteiger partial charge on any atom is -0.378 e. The number of morpholine rings is 1. The second kappa shape index (κ2) is 7.04. The summed E-state index contributed by atoms with van der Waals surface area (Å²) in [5.41, 5.74) is 2.01. The summed E-state index contributed by atoms with van der Waals surface area (Å²) < 4.78 is 5.27. The average molecular weight is 343 g/mol. The maximum atomic E-state index is 12.4. The minimum atomic E-state index is -0.186. The Morgan fingerprint density at radius 1 is 0.960 bits per heavy atom. The van der Waals surface area contributed by atoms with E-state index in [0.717, 1.165) is 18.8 Å². The van der Waals surface area contributed by atoms with Gasteiger partial charge in [0, 0.05) is 37.6 Å². The molecular formula is C19H25N3O3. The third kappa shape index (κ3) is 3.63. The molecule has 6 heteroatoms. The summed E-state index contributed by atoms with van der Waals surface area (Å²) in [6.45, 7) is 4.69. The van der Waals surface area contributed by atoms with E-state index in [1.54, 1.807) is 0 Å². The lowest BCUT2D eigenvalue weighted by Gasteiger charge is -2.27. The Balaban J connectivity index is 1.29. The molecule has 1 aliphatic carbocycles. The highest BCUT2D eigenvalue weighted by molar-refractivity contribution is 5.99. The summed E-state index contributed by atoms with van der Waals surface area (Å²) in [6, 6.07) is 8.02. The van der Waals surface area contributed by atoms with Crippen LogP contribution in [0.2, 0.25) is 0 Å². The van der Waals surface area contributed by atoms with E-state index in [-0.39, 0.29) is 23.7 Å². The highest BCUT2D eigenvalue weighted by Crippen LogP contribution is 2.41. The predicted molar refractivity (Wildman–Crippen MR) is 95.5 cm³/mol. The summed E-state index contributed by atoms with van der Waals surface area (Å²) >= 11 is 0. The van der Waals surface area contributed by atoms with Gasteiger partial charge >= 0.3 is 0 Å². The molecule has 1 aromatic rings. The second-order valence-electron chi connectivity index (χ2n) is 7.12. The Kier molecular flexibility index (Phi) is 4.61. The first-order chi connectivity index (χ1) is 12.2. The number of ether oxygens (including phenoxy) is 1. The molecule has 0 aromatic heterocycles. The molecule has 4 rings (SSSR count). The molecular weight excluding hydrogens is 318 g/mol. The van der Waals surface area contributed by atoms with Gasteiger partial charge < -0.3 is 19.9 Å². The van der Waals surface area contributed by atoms with E-state index in [4.69, 9.17) is 4.74 Å². The Morgan fingerprint density at radius 2 is 1.64 bits per heavy atom. The van der Waals surface area contributed by atoms with E-state index >= 15 is 0 Å². The molecule has 2 saturated heterocycles. The molecule has 0 spiro atoms. The molecule has 1 aromatic carbocycles. The number of rotatable bonds is 4. The van der Waals surface area contributed by atoms with Gasteiger partial charge in [0.15, 0.2) is 0 Å². The smallest absolute Gasteiger partial charge is 0.228 e. The molecule has 0 bridgehead atoms. The van der Waals surface area contributed by atoms with Crippen LogP contribution in [0.5, 0.6) is 0 Å². The Morgan fingerprint density at radius 3 is 2.32 bits per heavy atom. The van der Waals surface area contributed by atoms with Crippen LogP contribution in [0.3, 0.4) is 0 Å². The quantitative estimate of drug-likeness (QED) is 0.904. The van der Waals surface area contributed by atoms with Gasteiger partial charge in [-0.2, -0.15) is 0 Å². The van der Waals surface area contributed by atoms with Crippen LogP contribution in [0, 0.1) is 11.8 Å². The van der Waals surface area contributed by atoms with Crippen molar-refractivity contribution in [2.45, 2.75) is 19.3 Å². The number of hydrogen-bond donors (Lipinski definition) is 1. The summed E-state index contributed by atoms with van der Waals surface area (Å²) in [5.74, 6) is -0.274. The molecule has 2 atom stereocenters. The van der Waals surface area contributed by atoms with Crippen molar-refractivity contribution in [3.05, 3.63) is 24.3 Å². The van der Waals surface area contributed by atoms with Gasteiger partial charge in [-0.15, -0.1) is 0 Å². The topological polar surface area (TPSA) is 61.9 Å². The van der Waals surface area contributed by atoms with E-state index < -0.39 is 0 Å². The normalized spacial score (nSPS) is 25.8. The first kappa shape index (κ1) is 16.4. The molecule has 2 unspecified atom stereocenters. The largest absolute Gasteiger partial charge is 0.378 e. The van der Waals surface area contributed by atoms with Crippen molar-refractivity contribution in [1.82, 2.24) is 4.90 Å². The third-order valence-electron chi connectivity index (χ3n) is 5.37. The zero-order valence-corrected chi connectivity index (χ0v) is 14.4. The third-order valence-corrected chi connectivity index (χ3v) is 5.37. The van der Waals surface area contributed by atoms with Crippen molar-refractivity contribution in [3.63, 3.8) is 0 Å². The van der Waals surface area contributed by atoms with Crippen molar-refractivity contribution < 1.29 is 14.3 Å². The molecule has 2 heterocycles. The Hall–Kier alpha value is -2.08. The van der Waals surface area contributed by atoms with Gasteiger partial charge in [0.1, 0.15) is 0 Å². The number of nitrogens with one attached hydrogen (secondary N) is 1. The summed E-state index contributed by atoms with van der Waals surface area (Å²) in [6.07, 6.45) is 3.16. The van der Waals surface area contributed by atoms with Crippen molar-refractivity contribution in [1.29, 1.82) is 0 Å². The van der Waals surface area contributed by atoms with E-state index in [0.29, 0.717) is 32.7 Å². The van der Waals surface area contributed by atoms with Gasteiger partial charge in [0.05, 0.1) is 25.0 Å². The zero-order valence-electron chi connectivity index (χ0n) is 14.4. The van der Waals surface area contributed by atoms with Crippen LogP contribution in [0.25, 0.3) is 0 Å². The fourth-order valence-electron chi connectivity index (χ4n) is 3.74. The number of amides is 2. The monoisotopic (exact) mass is 343 g/mol. The maximum absolute atomic E-state index is 12.4. The number of carbonyl (C=O) groups excluding carboxylic acids is 2. The van der Waals surface area contributed by atoms with Crippen LogP contribution in [-0.2, 0) is 14.3 Å². The predicted octanol–water partition coefficient (Wildman–Crippen LogP) is 1.72. The maximum Gasteiger partial charge on any atom is 0.228 e. The van der Waals surface area contributed by atoms with Crippen LogP contribution < -0.4 is 10.2 Å². The van der Waals surface area contributed by atoms with Crippen molar-refractivity contribution in [2.75, 3.05) is 49.6 Å². The molecule has 3 fully saturated rings. The first-order valence-corrected chi connectivity index (χ1v) is 9.25. The highest BCUT2D eigenvalue weighted by atomic mass is 16.5. The minimum absolute atomic E-state index is 0.0412. The number of anilines is 2. The van der Waals surface area contributed by atoms with Crippen LogP contribution in [-0.4, -0.2) is 56.1 Å². The van der Waals surface area contributed by atoms with Gasteiger partial charge in [-0.25, -0.2) is 0 Å². The average Bonchev–Trinajstić information content (AvgIpc) is 3.28. The van der Waals surface area contributed by atoms with E-state index in [1.165, 1.54) is 18.5 Å². The summed E-state index contributed by atoms with van der Waals surface area (Å²) in [7, 11) is 0. The summed E-state index contributed by atoms with van der Waals surface area (Å²) in [5, 5.41) is 2.96. The molecule has 1 N–H and O–H groups in total. The molecule has 1 saturated carbocycles. The van der Waals surface area contributed by atoms with Crippen molar-refractivity contribution in [2.24, 2.45) is 11.8 Å². The van der Waals surface area contributed by atoms with Crippen molar-refractivity contribution >= 4 is 23.2 Å². The number of carbonyl (C=O) groups is 2.